The molecule has 0 aliphatic rings. The van der Waals surface area contributed by atoms with Crippen LogP contribution in [0.15, 0.2) is 35.5 Å². The number of benzene rings is 1. The lowest BCUT2D eigenvalue weighted by Crippen LogP contribution is -2.14. The van der Waals surface area contributed by atoms with Crippen molar-refractivity contribution >= 4 is 39.8 Å². The average molecular weight is 437 g/mol. The van der Waals surface area contributed by atoms with Gasteiger partial charge in [0.15, 0.2) is 10.9 Å². The molecule has 1 N–H and O–H groups in total. The number of thiophene rings is 1. The van der Waals surface area contributed by atoms with Crippen LogP contribution < -0.4 is 5.32 Å². The lowest BCUT2D eigenvalue weighted by molar-refractivity contribution is -0.113. The van der Waals surface area contributed by atoms with E-state index in [0.29, 0.717) is 26.2 Å². The summed E-state index contributed by atoms with van der Waals surface area (Å²) in [6.07, 6.45) is 0. The molecule has 3 rings (SSSR count). The number of carbonyl (C=O) groups is 2. The Kier molecular flexibility index (Phi) is 6.65. The van der Waals surface area contributed by atoms with E-state index in [2.05, 4.69) is 21.4 Å². The number of ketones is 1. The van der Waals surface area contributed by atoms with Gasteiger partial charge in [0.25, 0.3) is 0 Å². The molecule has 0 saturated carbocycles. The monoisotopic (exact) mass is 436 g/mol. The molecule has 152 valence electrons. The molecule has 0 fully saturated rings. The van der Waals surface area contributed by atoms with E-state index in [1.54, 1.807) is 6.92 Å². The number of rotatable bonds is 6. The molecule has 0 aliphatic heterocycles. The van der Waals surface area contributed by atoms with Crippen molar-refractivity contribution in [2.24, 2.45) is 0 Å². The summed E-state index contributed by atoms with van der Waals surface area (Å²) in [5, 5.41) is 13.0. The van der Waals surface area contributed by atoms with Gasteiger partial charge in [-0.2, -0.15) is 5.26 Å². The van der Waals surface area contributed by atoms with E-state index in [1.165, 1.54) is 24.2 Å². The summed E-state index contributed by atoms with van der Waals surface area (Å²) in [5.74, 6) is -0.316. The highest BCUT2D eigenvalue weighted by Gasteiger charge is 2.19. The molecule has 0 bridgehead atoms. The van der Waals surface area contributed by atoms with Crippen molar-refractivity contribution in [1.29, 1.82) is 5.26 Å². The molecule has 0 saturated heterocycles. The maximum Gasteiger partial charge on any atom is 0.235 e. The maximum atomic E-state index is 12.4. The minimum Gasteiger partial charge on any atom is -0.316 e. The van der Waals surface area contributed by atoms with Crippen LogP contribution in [-0.4, -0.2) is 27.4 Å². The fraction of sp³-hybridized carbons (Fsp3) is 0.227. The minimum absolute atomic E-state index is 0.0913. The number of nitriles is 1. The third kappa shape index (κ3) is 4.93. The number of nitrogens with zero attached hydrogens (tertiary/aromatic N) is 3. The zero-order valence-corrected chi connectivity index (χ0v) is 18.7. The van der Waals surface area contributed by atoms with Crippen molar-refractivity contribution < 1.29 is 9.59 Å². The summed E-state index contributed by atoms with van der Waals surface area (Å²) in [6.45, 7) is 7.08. The van der Waals surface area contributed by atoms with Gasteiger partial charge in [-0.15, -0.1) is 11.3 Å². The highest BCUT2D eigenvalue weighted by atomic mass is 32.2. The third-order valence-electron chi connectivity index (χ3n) is 4.34. The molecule has 1 aromatic carbocycles. The molecule has 3 aromatic rings. The van der Waals surface area contributed by atoms with E-state index in [0.717, 1.165) is 28.3 Å². The first kappa shape index (κ1) is 21.7. The second kappa shape index (κ2) is 9.20. The topological polar surface area (TPSA) is 95.7 Å². The van der Waals surface area contributed by atoms with Crippen molar-refractivity contribution in [1.82, 2.24) is 9.97 Å². The number of hydrogen-bond acceptors (Lipinski definition) is 7. The number of thioether (sulfide) groups is 1. The summed E-state index contributed by atoms with van der Waals surface area (Å²) < 4.78 is 0. The number of anilines is 1. The molecular weight excluding hydrogens is 416 g/mol. The molecule has 0 atom stereocenters. The van der Waals surface area contributed by atoms with Crippen LogP contribution in [0, 0.1) is 32.1 Å². The molecule has 0 unspecified atom stereocenters. The summed E-state index contributed by atoms with van der Waals surface area (Å²) in [4.78, 5) is 33.6. The average Bonchev–Trinajstić information content (AvgIpc) is 3.01. The zero-order valence-electron chi connectivity index (χ0n) is 17.1. The van der Waals surface area contributed by atoms with Crippen molar-refractivity contribution in [2.75, 3.05) is 11.1 Å². The standard InChI is InChI=1S/C22H20N4O2S2/c1-12-5-7-16(8-6-12)18-9-13(2)24-22(25-18)29-11-19(28)26-21-17(10-23)14(3)20(30-21)15(4)27/h5-9H,11H2,1-4H3,(H,26,28). The Hall–Kier alpha value is -3.02. The Balaban J connectivity index is 1.73. The summed E-state index contributed by atoms with van der Waals surface area (Å²) in [5.41, 5.74) is 4.71. The molecule has 30 heavy (non-hydrogen) atoms. The number of aromatic nitrogens is 2. The van der Waals surface area contributed by atoms with Crippen LogP contribution in [0.4, 0.5) is 5.00 Å². The second-order valence-corrected chi connectivity index (χ2v) is 8.77. The summed E-state index contributed by atoms with van der Waals surface area (Å²) >= 11 is 2.35. The van der Waals surface area contributed by atoms with Crippen LogP contribution >= 0.6 is 23.1 Å². The predicted molar refractivity (Wildman–Crippen MR) is 120 cm³/mol. The van der Waals surface area contributed by atoms with Crippen LogP contribution in [0.25, 0.3) is 11.3 Å². The molecule has 6 nitrogen and oxygen atoms in total. The van der Waals surface area contributed by atoms with E-state index < -0.39 is 0 Å². The first-order valence-corrected chi connectivity index (χ1v) is 11.0. The van der Waals surface area contributed by atoms with Gasteiger partial charge >= 0.3 is 0 Å². The van der Waals surface area contributed by atoms with Crippen molar-refractivity contribution in [3.05, 3.63) is 57.6 Å². The van der Waals surface area contributed by atoms with Gasteiger partial charge < -0.3 is 5.32 Å². The van der Waals surface area contributed by atoms with Gasteiger partial charge in [0.1, 0.15) is 11.1 Å². The number of Topliss-reactive ketones (excluding diaryl/α,β-unsaturated/α-hetero) is 1. The molecule has 2 aromatic heterocycles. The highest BCUT2D eigenvalue weighted by Crippen LogP contribution is 2.33. The minimum atomic E-state index is -0.283. The predicted octanol–water partition coefficient (Wildman–Crippen LogP) is 4.94. The van der Waals surface area contributed by atoms with Crippen molar-refractivity contribution in [2.45, 2.75) is 32.9 Å². The van der Waals surface area contributed by atoms with E-state index in [-0.39, 0.29) is 17.4 Å². The molecule has 2 heterocycles. The number of aryl methyl sites for hydroxylation is 2. The van der Waals surface area contributed by atoms with Gasteiger partial charge in [0, 0.05) is 11.3 Å². The SMILES string of the molecule is CC(=O)c1sc(NC(=O)CSc2nc(C)cc(-c3ccc(C)cc3)n2)c(C#N)c1C. The smallest absolute Gasteiger partial charge is 0.235 e. The van der Waals surface area contributed by atoms with Crippen molar-refractivity contribution in [3.8, 4) is 17.3 Å². The second-order valence-electron chi connectivity index (χ2n) is 6.81. The largest absolute Gasteiger partial charge is 0.316 e. The fourth-order valence-electron chi connectivity index (χ4n) is 2.84. The van der Waals surface area contributed by atoms with E-state index in [9.17, 15) is 14.9 Å². The van der Waals surface area contributed by atoms with Gasteiger partial charge in [0.05, 0.1) is 21.9 Å². The number of hydrogen-bond donors (Lipinski definition) is 1. The molecular formula is C22H20N4O2S2. The Labute approximate surface area is 183 Å². The summed E-state index contributed by atoms with van der Waals surface area (Å²) in [6, 6.07) is 12.0. The van der Waals surface area contributed by atoms with Gasteiger partial charge in [0.2, 0.25) is 5.91 Å². The lowest BCUT2D eigenvalue weighted by atomic mass is 10.1. The van der Waals surface area contributed by atoms with Crippen LogP contribution in [0.2, 0.25) is 0 Å². The first-order chi connectivity index (χ1) is 14.3. The third-order valence-corrected chi connectivity index (χ3v) is 6.50. The van der Waals surface area contributed by atoms with E-state index in [1.807, 2.05) is 44.2 Å². The van der Waals surface area contributed by atoms with Gasteiger partial charge in [-0.1, -0.05) is 41.6 Å². The Bertz CT molecular complexity index is 1160. The molecule has 0 spiro atoms. The van der Waals surface area contributed by atoms with Crippen LogP contribution in [-0.2, 0) is 4.79 Å². The van der Waals surface area contributed by atoms with Crippen LogP contribution in [0.1, 0.15) is 39.0 Å². The van der Waals surface area contributed by atoms with E-state index in [4.69, 9.17) is 0 Å². The maximum absolute atomic E-state index is 12.4. The van der Waals surface area contributed by atoms with Gasteiger partial charge in [-0.25, -0.2) is 9.97 Å². The highest BCUT2D eigenvalue weighted by molar-refractivity contribution is 7.99. The fourth-order valence-corrected chi connectivity index (χ4v) is 4.62. The Morgan fingerprint density at radius 3 is 2.50 bits per heavy atom. The van der Waals surface area contributed by atoms with Crippen LogP contribution in [0.5, 0.6) is 0 Å². The zero-order chi connectivity index (χ0) is 21.8. The lowest BCUT2D eigenvalue weighted by Gasteiger charge is -2.07. The number of nitrogens with one attached hydrogen (secondary N) is 1. The quantitative estimate of drug-likeness (QED) is 0.334. The number of carbonyl (C=O) groups excluding carboxylic acids is 2. The molecule has 0 aliphatic carbocycles. The Morgan fingerprint density at radius 1 is 1.17 bits per heavy atom. The molecule has 1 amide bonds. The van der Waals surface area contributed by atoms with Gasteiger partial charge in [-0.3, -0.25) is 9.59 Å². The Morgan fingerprint density at radius 2 is 1.87 bits per heavy atom. The molecule has 8 heteroatoms. The van der Waals surface area contributed by atoms with Crippen LogP contribution in [0.3, 0.4) is 0 Å². The molecule has 0 radical (unpaired) electrons. The normalized spacial score (nSPS) is 10.5. The van der Waals surface area contributed by atoms with Crippen molar-refractivity contribution in [3.63, 3.8) is 0 Å². The summed E-state index contributed by atoms with van der Waals surface area (Å²) in [7, 11) is 0. The van der Waals surface area contributed by atoms with Gasteiger partial charge in [-0.05, 0) is 39.3 Å². The number of amides is 1. The first-order valence-electron chi connectivity index (χ1n) is 9.18. The van der Waals surface area contributed by atoms with E-state index >= 15 is 0 Å².